The molecule has 1 saturated carbocycles. The largest absolute Gasteiger partial charge is 0.262 e. The highest BCUT2D eigenvalue weighted by molar-refractivity contribution is 7.07. The maximum atomic E-state index is 13.3. The lowest BCUT2D eigenvalue weighted by Crippen LogP contribution is -2.17. The molecule has 1 aliphatic carbocycles. The highest BCUT2D eigenvalue weighted by Crippen LogP contribution is 2.24. The summed E-state index contributed by atoms with van der Waals surface area (Å²) in [5.74, 6) is 0.515. The molecular weight excluding hydrogens is 359 g/mol. The zero-order valence-electron chi connectivity index (χ0n) is 15.2. The maximum absolute atomic E-state index is 13.3. The van der Waals surface area contributed by atoms with Gasteiger partial charge in [0.25, 0.3) is 0 Å². The van der Waals surface area contributed by atoms with Gasteiger partial charge in [-0.1, -0.05) is 6.92 Å². The second kappa shape index (κ2) is 7.96. The van der Waals surface area contributed by atoms with E-state index in [-0.39, 0.29) is 5.82 Å². The van der Waals surface area contributed by atoms with Crippen LogP contribution in [0.2, 0.25) is 0 Å². The van der Waals surface area contributed by atoms with Crippen LogP contribution in [0.1, 0.15) is 32.6 Å². The Kier molecular flexibility index (Phi) is 5.25. The van der Waals surface area contributed by atoms with Gasteiger partial charge in [-0.2, -0.15) is 5.10 Å². The van der Waals surface area contributed by atoms with Gasteiger partial charge in [0.2, 0.25) is 4.80 Å². The first kappa shape index (κ1) is 17.8. The Bertz CT molecular complexity index is 993. The van der Waals surface area contributed by atoms with Gasteiger partial charge in [-0.15, -0.1) is 11.3 Å². The summed E-state index contributed by atoms with van der Waals surface area (Å²) >= 11 is 1.53. The number of nitrogens with zero attached hydrogens (tertiary/aromatic N) is 4. The van der Waals surface area contributed by atoms with Crippen molar-refractivity contribution in [2.45, 2.75) is 32.6 Å². The van der Waals surface area contributed by atoms with Crippen molar-refractivity contribution in [3.8, 4) is 11.3 Å². The van der Waals surface area contributed by atoms with Gasteiger partial charge in [-0.3, -0.25) is 4.98 Å². The van der Waals surface area contributed by atoms with Crippen molar-refractivity contribution in [2.24, 2.45) is 16.0 Å². The molecule has 4 nitrogen and oxygen atoms in total. The molecule has 0 saturated heterocycles. The van der Waals surface area contributed by atoms with E-state index in [1.54, 1.807) is 24.5 Å². The number of halogens is 1. The van der Waals surface area contributed by atoms with E-state index in [1.807, 2.05) is 22.2 Å². The lowest BCUT2D eigenvalue weighted by molar-refractivity contribution is 0.481. The number of thiazole rings is 1. The third kappa shape index (κ3) is 4.22. The predicted molar refractivity (Wildman–Crippen MR) is 108 cm³/mol. The fourth-order valence-electron chi connectivity index (χ4n) is 3.16. The van der Waals surface area contributed by atoms with Crippen molar-refractivity contribution in [3.05, 3.63) is 64.8 Å². The summed E-state index contributed by atoms with van der Waals surface area (Å²) < 4.78 is 15.2. The minimum absolute atomic E-state index is 0.242. The van der Waals surface area contributed by atoms with Gasteiger partial charge in [0.05, 0.1) is 17.6 Å². The van der Waals surface area contributed by atoms with E-state index in [0.29, 0.717) is 0 Å². The Labute approximate surface area is 161 Å². The summed E-state index contributed by atoms with van der Waals surface area (Å²) in [5, 5.41) is 6.97. The standard InChI is InChI=1S/C21H21FN4S/c1-15-4-10-18(11-5-15)25-26-20(16-6-8-17(22)9-7-16)14-27-21(26)24-19-3-2-12-23-13-19/h2-3,6-9,12-15H,4-5,10-11H2,1H3. The molecule has 0 N–H and O–H groups in total. The number of aromatic nitrogens is 2. The summed E-state index contributed by atoms with van der Waals surface area (Å²) in [6, 6.07) is 10.3. The highest BCUT2D eigenvalue weighted by Gasteiger charge is 2.15. The second-order valence-electron chi connectivity index (χ2n) is 6.89. The van der Waals surface area contributed by atoms with Crippen LogP contribution in [0, 0.1) is 11.7 Å². The Morgan fingerprint density at radius 3 is 2.63 bits per heavy atom. The Morgan fingerprint density at radius 2 is 1.93 bits per heavy atom. The molecule has 0 aliphatic heterocycles. The molecule has 0 atom stereocenters. The smallest absolute Gasteiger partial charge is 0.211 e. The number of hydrogen-bond acceptors (Lipinski definition) is 4. The van der Waals surface area contributed by atoms with Gasteiger partial charge in [0.15, 0.2) is 0 Å². The zero-order valence-corrected chi connectivity index (χ0v) is 16.0. The summed E-state index contributed by atoms with van der Waals surface area (Å²) in [5.41, 5.74) is 3.83. The van der Waals surface area contributed by atoms with Gasteiger partial charge in [-0.25, -0.2) is 14.1 Å². The van der Waals surface area contributed by atoms with Crippen molar-refractivity contribution in [1.29, 1.82) is 0 Å². The zero-order chi connectivity index (χ0) is 18.6. The van der Waals surface area contributed by atoms with Gasteiger partial charge in [0, 0.05) is 22.9 Å². The molecule has 1 aliphatic rings. The third-order valence-corrected chi connectivity index (χ3v) is 5.61. The average Bonchev–Trinajstić information content (AvgIpc) is 3.07. The van der Waals surface area contributed by atoms with Gasteiger partial charge < -0.3 is 0 Å². The molecule has 138 valence electrons. The normalized spacial score (nSPS) is 17.9. The second-order valence-corrected chi connectivity index (χ2v) is 7.73. The molecule has 1 fully saturated rings. The van der Waals surface area contributed by atoms with Crippen molar-refractivity contribution >= 4 is 22.7 Å². The van der Waals surface area contributed by atoms with Crippen LogP contribution >= 0.6 is 11.3 Å². The SMILES string of the molecule is CC1CCC(=Nn2c(-c3ccc(F)cc3)csc2=Nc2cccnc2)CC1. The molecular formula is C21H21FN4S. The van der Waals surface area contributed by atoms with Crippen LogP contribution < -0.4 is 4.80 Å². The van der Waals surface area contributed by atoms with Crippen LogP contribution in [0.15, 0.2) is 64.3 Å². The van der Waals surface area contributed by atoms with Crippen LogP contribution in [-0.2, 0) is 0 Å². The minimum atomic E-state index is -0.242. The molecule has 2 heterocycles. The Balaban J connectivity index is 1.81. The van der Waals surface area contributed by atoms with Crippen LogP contribution in [0.25, 0.3) is 11.3 Å². The lowest BCUT2D eigenvalue weighted by Gasteiger charge is -2.19. The van der Waals surface area contributed by atoms with Crippen LogP contribution in [0.4, 0.5) is 10.1 Å². The molecule has 0 amide bonds. The molecule has 0 spiro atoms. The first-order chi connectivity index (χ1) is 13.2. The van der Waals surface area contributed by atoms with Crippen LogP contribution in [-0.4, -0.2) is 15.4 Å². The monoisotopic (exact) mass is 380 g/mol. The highest BCUT2D eigenvalue weighted by atomic mass is 32.1. The first-order valence-electron chi connectivity index (χ1n) is 9.17. The molecule has 2 aromatic heterocycles. The van der Waals surface area contributed by atoms with E-state index in [9.17, 15) is 4.39 Å². The summed E-state index contributed by atoms with van der Waals surface area (Å²) in [4.78, 5) is 9.64. The molecule has 0 bridgehead atoms. The van der Waals surface area contributed by atoms with E-state index in [2.05, 4.69) is 11.9 Å². The Morgan fingerprint density at radius 1 is 1.15 bits per heavy atom. The Hall–Kier alpha value is -2.60. The van der Waals surface area contributed by atoms with E-state index in [4.69, 9.17) is 10.1 Å². The van der Waals surface area contributed by atoms with Crippen LogP contribution in [0.3, 0.4) is 0 Å². The summed E-state index contributed by atoms with van der Waals surface area (Å²) in [6.07, 6.45) is 7.83. The third-order valence-electron chi connectivity index (χ3n) is 4.79. The van der Waals surface area contributed by atoms with Crippen molar-refractivity contribution in [2.75, 3.05) is 0 Å². The molecule has 27 heavy (non-hydrogen) atoms. The van der Waals surface area contributed by atoms with Gasteiger partial charge >= 0.3 is 0 Å². The molecule has 0 radical (unpaired) electrons. The van der Waals surface area contributed by atoms with E-state index in [1.165, 1.54) is 42.0 Å². The van der Waals surface area contributed by atoms with Crippen molar-refractivity contribution in [1.82, 2.24) is 9.66 Å². The number of pyridine rings is 1. The first-order valence-corrected chi connectivity index (χ1v) is 10.0. The molecule has 3 aromatic rings. The molecule has 6 heteroatoms. The average molecular weight is 380 g/mol. The number of benzene rings is 1. The van der Waals surface area contributed by atoms with E-state index in [0.717, 1.165) is 40.5 Å². The number of hydrogen-bond donors (Lipinski definition) is 0. The fourth-order valence-corrected chi connectivity index (χ4v) is 4.01. The molecule has 0 unspecified atom stereocenters. The minimum Gasteiger partial charge on any atom is -0.262 e. The quantitative estimate of drug-likeness (QED) is 0.600. The molecule has 1 aromatic carbocycles. The predicted octanol–water partition coefficient (Wildman–Crippen LogP) is 5.40. The number of rotatable bonds is 3. The van der Waals surface area contributed by atoms with Crippen molar-refractivity contribution < 1.29 is 4.39 Å². The van der Waals surface area contributed by atoms with Gasteiger partial charge in [-0.05, 0) is 68.0 Å². The van der Waals surface area contributed by atoms with E-state index >= 15 is 0 Å². The lowest BCUT2D eigenvalue weighted by atomic mass is 9.90. The fraction of sp³-hybridized carbons (Fsp3) is 0.286. The van der Waals surface area contributed by atoms with E-state index < -0.39 is 0 Å². The summed E-state index contributed by atoms with van der Waals surface area (Å²) in [6.45, 7) is 2.29. The topological polar surface area (TPSA) is 42.5 Å². The van der Waals surface area contributed by atoms with Crippen LogP contribution in [0.5, 0.6) is 0 Å². The van der Waals surface area contributed by atoms with Crippen molar-refractivity contribution in [3.63, 3.8) is 0 Å². The summed E-state index contributed by atoms with van der Waals surface area (Å²) in [7, 11) is 0. The molecule has 4 rings (SSSR count). The van der Waals surface area contributed by atoms with Gasteiger partial charge in [0.1, 0.15) is 5.82 Å². The maximum Gasteiger partial charge on any atom is 0.211 e.